The van der Waals surface area contributed by atoms with Gasteiger partial charge in [0.15, 0.2) is 0 Å². The molecule has 0 atom stereocenters. The van der Waals surface area contributed by atoms with Crippen LogP contribution in [0.5, 0.6) is 0 Å². The van der Waals surface area contributed by atoms with Gasteiger partial charge < -0.3 is 15.1 Å². The van der Waals surface area contributed by atoms with Crippen LogP contribution in [-0.4, -0.2) is 54.1 Å². The largest absolute Gasteiger partial charge is 0.369 e. The van der Waals surface area contributed by atoms with E-state index in [1.165, 1.54) is 12.8 Å². The Hall–Kier alpha value is -1.36. The highest BCUT2D eigenvalue weighted by molar-refractivity contribution is 5.48. The van der Waals surface area contributed by atoms with Gasteiger partial charge in [-0.3, -0.25) is 0 Å². The van der Waals surface area contributed by atoms with Crippen LogP contribution in [0.4, 0.5) is 11.6 Å². The molecule has 0 spiro atoms. The van der Waals surface area contributed by atoms with Crippen LogP contribution in [0, 0.1) is 0 Å². The van der Waals surface area contributed by atoms with Gasteiger partial charge in [-0.15, -0.1) is 0 Å². The van der Waals surface area contributed by atoms with Crippen molar-refractivity contribution in [2.24, 2.45) is 0 Å². The van der Waals surface area contributed by atoms with Crippen LogP contribution in [0.25, 0.3) is 0 Å². The van der Waals surface area contributed by atoms with Gasteiger partial charge in [0.2, 0.25) is 0 Å². The van der Waals surface area contributed by atoms with Crippen molar-refractivity contribution >= 4 is 11.6 Å². The van der Waals surface area contributed by atoms with Gasteiger partial charge in [0.1, 0.15) is 18.0 Å². The molecule has 1 aliphatic rings. The van der Waals surface area contributed by atoms with Gasteiger partial charge in [-0.05, 0) is 25.9 Å². The predicted molar refractivity (Wildman–Crippen MR) is 79.8 cm³/mol. The van der Waals surface area contributed by atoms with E-state index in [1.54, 1.807) is 6.33 Å². The van der Waals surface area contributed by atoms with Crippen molar-refractivity contribution < 1.29 is 0 Å². The molecular weight excluding hydrogens is 238 g/mol. The lowest BCUT2D eigenvalue weighted by molar-refractivity contribution is 0.316. The van der Waals surface area contributed by atoms with Crippen LogP contribution in [-0.2, 0) is 0 Å². The summed E-state index contributed by atoms with van der Waals surface area (Å²) in [5, 5.41) is 3.39. The lowest BCUT2D eigenvalue weighted by Crippen LogP contribution is -2.28. The van der Waals surface area contributed by atoms with E-state index < -0.39 is 0 Å². The van der Waals surface area contributed by atoms with Gasteiger partial charge in [0, 0.05) is 32.2 Å². The average molecular weight is 263 g/mol. The number of likely N-dealkylation sites (N-methyl/N-ethyl adjacent to an activating group) is 1. The molecule has 1 aromatic rings. The zero-order chi connectivity index (χ0) is 13.5. The summed E-state index contributed by atoms with van der Waals surface area (Å²) >= 11 is 0. The predicted octanol–water partition coefficient (Wildman–Crippen LogP) is 1.83. The Kier molecular flexibility index (Phi) is 5.39. The fourth-order valence-electron chi connectivity index (χ4n) is 2.44. The van der Waals surface area contributed by atoms with Crippen LogP contribution in [0.3, 0.4) is 0 Å². The van der Waals surface area contributed by atoms with Gasteiger partial charge >= 0.3 is 0 Å². The molecule has 0 radical (unpaired) electrons. The fraction of sp³-hybridized carbons (Fsp3) is 0.714. The number of aromatic nitrogens is 2. The van der Waals surface area contributed by atoms with Crippen LogP contribution >= 0.6 is 0 Å². The molecule has 5 nitrogen and oxygen atoms in total. The van der Waals surface area contributed by atoms with E-state index in [9.17, 15) is 0 Å². The van der Waals surface area contributed by atoms with E-state index in [1.807, 2.05) is 0 Å². The summed E-state index contributed by atoms with van der Waals surface area (Å²) in [6.45, 7) is 10.8. The third-order valence-electron chi connectivity index (χ3n) is 3.71. The minimum absolute atomic E-state index is 0.929. The zero-order valence-corrected chi connectivity index (χ0v) is 12.1. The Morgan fingerprint density at radius 2 is 1.95 bits per heavy atom. The maximum atomic E-state index is 4.36. The van der Waals surface area contributed by atoms with Crippen molar-refractivity contribution in [3.05, 3.63) is 12.4 Å². The van der Waals surface area contributed by atoms with Crippen molar-refractivity contribution in [3.8, 4) is 0 Å². The molecule has 1 fully saturated rings. The second kappa shape index (κ2) is 7.28. The first-order valence-corrected chi connectivity index (χ1v) is 7.36. The molecule has 0 unspecified atom stereocenters. The molecule has 0 aliphatic carbocycles. The highest BCUT2D eigenvalue weighted by Gasteiger charge is 2.13. The molecular formula is C14H25N5. The fourth-order valence-corrected chi connectivity index (χ4v) is 2.44. The van der Waals surface area contributed by atoms with Gasteiger partial charge in [-0.2, -0.15) is 0 Å². The molecule has 0 saturated carbocycles. The minimum atomic E-state index is 0.929. The summed E-state index contributed by atoms with van der Waals surface area (Å²) in [6.07, 6.45) is 4.21. The van der Waals surface area contributed by atoms with Crippen LogP contribution in [0.2, 0.25) is 0 Å². The molecule has 1 saturated heterocycles. The highest BCUT2D eigenvalue weighted by atomic mass is 15.2. The molecule has 0 bridgehead atoms. The van der Waals surface area contributed by atoms with E-state index in [-0.39, 0.29) is 0 Å². The lowest BCUT2D eigenvalue weighted by atomic mass is 10.4. The first kappa shape index (κ1) is 14.1. The summed E-state index contributed by atoms with van der Waals surface area (Å²) in [5.74, 6) is 1.99. The standard InChI is InChI=1S/C14H25N5/c1-3-18(4-2)10-7-15-13-11-14(17-12-16-13)19-8-5-6-9-19/h11-12H,3-10H2,1-2H3,(H,15,16,17). The third-order valence-corrected chi connectivity index (χ3v) is 3.71. The van der Waals surface area contributed by atoms with Crippen LogP contribution in [0.1, 0.15) is 26.7 Å². The number of nitrogens with one attached hydrogen (secondary N) is 1. The van der Waals surface area contributed by atoms with E-state index in [2.05, 4.69) is 45.0 Å². The molecule has 5 heteroatoms. The normalized spacial score (nSPS) is 15.2. The number of hydrogen-bond donors (Lipinski definition) is 1. The summed E-state index contributed by atoms with van der Waals surface area (Å²) in [5.41, 5.74) is 0. The van der Waals surface area contributed by atoms with E-state index in [0.717, 1.165) is 50.9 Å². The van der Waals surface area contributed by atoms with Crippen molar-refractivity contribution in [1.29, 1.82) is 0 Å². The first-order chi connectivity index (χ1) is 9.33. The maximum absolute atomic E-state index is 4.36. The molecule has 1 aromatic heterocycles. The van der Waals surface area contributed by atoms with Crippen LogP contribution < -0.4 is 10.2 Å². The number of nitrogens with zero attached hydrogens (tertiary/aromatic N) is 4. The lowest BCUT2D eigenvalue weighted by Gasteiger charge is -2.19. The number of rotatable bonds is 7. The SMILES string of the molecule is CCN(CC)CCNc1cc(N2CCCC2)ncn1. The Labute approximate surface area is 116 Å². The second-order valence-corrected chi connectivity index (χ2v) is 4.91. The molecule has 106 valence electrons. The zero-order valence-electron chi connectivity index (χ0n) is 12.1. The van der Waals surface area contributed by atoms with Gasteiger partial charge in [-0.25, -0.2) is 9.97 Å². The Morgan fingerprint density at radius 3 is 2.63 bits per heavy atom. The Bertz CT molecular complexity index is 372. The second-order valence-electron chi connectivity index (χ2n) is 4.91. The summed E-state index contributed by atoms with van der Waals surface area (Å²) in [6, 6.07) is 2.06. The molecule has 1 N–H and O–H groups in total. The topological polar surface area (TPSA) is 44.3 Å². The van der Waals surface area contributed by atoms with Gasteiger partial charge in [-0.1, -0.05) is 13.8 Å². The van der Waals surface area contributed by atoms with E-state index in [4.69, 9.17) is 0 Å². The molecule has 19 heavy (non-hydrogen) atoms. The van der Waals surface area contributed by atoms with Crippen molar-refractivity contribution in [2.75, 3.05) is 49.5 Å². The van der Waals surface area contributed by atoms with E-state index >= 15 is 0 Å². The third kappa shape index (κ3) is 4.06. The molecule has 2 rings (SSSR count). The summed E-state index contributed by atoms with van der Waals surface area (Å²) < 4.78 is 0. The molecule has 0 amide bonds. The quantitative estimate of drug-likeness (QED) is 0.813. The Balaban J connectivity index is 1.84. The smallest absolute Gasteiger partial charge is 0.134 e. The Morgan fingerprint density at radius 1 is 1.21 bits per heavy atom. The van der Waals surface area contributed by atoms with Gasteiger partial charge in [0.25, 0.3) is 0 Å². The van der Waals surface area contributed by atoms with Crippen molar-refractivity contribution in [3.63, 3.8) is 0 Å². The highest BCUT2D eigenvalue weighted by Crippen LogP contribution is 2.18. The minimum Gasteiger partial charge on any atom is -0.369 e. The molecule has 0 aromatic carbocycles. The average Bonchev–Trinajstić information content (AvgIpc) is 2.98. The summed E-state index contributed by atoms with van der Waals surface area (Å²) in [7, 11) is 0. The van der Waals surface area contributed by atoms with E-state index in [0.29, 0.717) is 0 Å². The molecule has 1 aliphatic heterocycles. The monoisotopic (exact) mass is 263 g/mol. The van der Waals surface area contributed by atoms with Crippen molar-refractivity contribution in [2.45, 2.75) is 26.7 Å². The van der Waals surface area contributed by atoms with Crippen LogP contribution in [0.15, 0.2) is 12.4 Å². The number of hydrogen-bond acceptors (Lipinski definition) is 5. The first-order valence-electron chi connectivity index (χ1n) is 7.36. The van der Waals surface area contributed by atoms with Gasteiger partial charge in [0.05, 0.1) is 0 Å². The maximum Gasteiger partial charge on any atom is 0.134 e. The van der Waals surface area contributed by atoms with Crippen molar-refractivity contribution in [1.82, 2.24) is 14.9 Å². The molecule has 2 heterocycles. The number of anilines is 2. The summed E-state index contributed by atoms with van der Waals surface area (Å²) in [4.78, 5) is 13.4.